The average molecular weight is 203 g/mol. The Balaban J connectivity index is 3.05. The van der Waals surface area contributed by atoms with Crippen molar-refractivity contribution in [3.63, 3.8) is 0 Å². The van der Waals surface area contributed by atoms with Gasteiger partial charge in [-0.25, -0.2) is 8.78 Å². The lowest BCUT2D eigenvalue weighted by atomic mass is 10.2. The zero-order chi connectivity index (χ0) is 9.84. The van der Waals surface area contributed by atoms with E-state index < -0.39 is 6.43 Å². The van der Waals surface area contributed by atoms with Gasteiger partial charge in [-0.05, 0) is 6.07 Å². The summed E-state index contributed by atoms with van der Waals surface area (Å²) in [6.07, 6.45) is -1.49. The van der Waals surface area contributed by atoms with Crippen molar-refractivity contribution in [3.05, 3.63) is 28.5 Å². The molecule has 0 fully saturated rings. The summed E-state index contributed by atoms with van der Waals surface area (Å²) in [7, 11) is 0. The van der Waals surface area contributed by atoms with Gasteiger partial charge < -0.3 is 0 Å². The lowest BCUT2D eigenvalue weighted by molar-refractivity contribution is 0.151. The van der Waals surface area contributed by atoms with E-state index in [2.05, 4.69) is 4.98 Å². The van der Waals surface area contributed by atoms with Gasteiger partial charge in [-0.1, -0.05) is 11.6 Å². The van der Waals surface area contributed by atoms with Crippen LogP contribution >= 0.6 is 11.6 Å². The van der Waals surface area contributed by atoms with Crippen LogP contribution < -0.4 is 0 Å². The lowest BCUT2D eigenvalue weighted by Gasteiger charge is -2.03. The minimum atomic E-state index is -2.63. The van der Waals surface area contributed by atoms with Crippen LogP contribution in [0.2, 0.25) is 5.02 Å². The third-order valence-electron chi connectivity index (χ3n) is 1.44. The Kier molecular flexibility index (Phi) is 3.15. The van der Waals surface area contributed by atoms with E-state index in [-0.39, 0.29) is 17.0 Å². The number of nitrogens with zero attached hydrogens (tertiary/aromatic N) is 2. The molecule has 0 atom stereocenters. The minimum absolute atomic E-state index is 0.0108. The molecule has 0 radical (unpaired) electrons. The van der Waals surface area contributed by atoms with Gasteiger partial charge in [-0.15, -0.1) is 0 Å². The summed E-state index contributed by atoms with van der Waals surface area (Å²) in [5, 5.41) is 8.24. The highest BCUT2D eigenvalue weighted by Crippen LogP contribution is 2.26. The molecule has 2 nitrogen and oxygen atoms in total. The molecule has 1 aromatic heterocycles. The third kappa shape index (κ3) is 2.36. The van der Waals surface area contributed by atoms with Crippen LogP contribution in [-0.2, 0) is 6.42 Å². The Labute approximate surface area is 78.8 Å². The summed E-state index contributed by atoms with van der Waals surface area (Å²) in [5.41, 5.74) is 0.0316. The molecule has 0 unspecified atom stereocenters. The highest BCUT2D eigenvalue weighted by atomic mass is 35.5. The van der Waals surface area contributed by atoms with Crippen LogP contribution in [0.4, 0.5) is 8.78 Å². The van der Waals surface area contributed by atoms with Crippen LogP contribution in [0, 0.1) is 11.3 Å². The van der Waals surface area contributed by atoms with Gasteiger partial charge in [-0.2, -0.15) is 5.26 Å². The fourth-order valence-corrected chi connectivity index (χ4v) is 1.03. The number of aromatic nitrogens is 1. The topological polar surface area (TPSA) is 36.7 Å². The highest BCUT2D eigenvalue weighted by molar-refractivity contribution is 6.31. The van der Waals surface area contributed by atoms with Gasteiger partial charge >= 0.3 is 0 Å². The second-order valence-corrected chi connectivity index (χ2v) is 2.74. The molecule has 1 rings (SSSR count). The van der Waals surface area contributed by atoms with E-state index in [0.29, 0.717) is 5.69 Å². The molecule has 0 saturated heterocycles. The molecular formula is C8H5ClF2N2. The van der Waals surface area contributed by atoms with Crippen molar-refractivity contribution in [2.45, 2.75) is 12.8 Å². The number of pyridine rings is 1. The van der Waals surface area contributed by atoms with Crippen molar-refractivity contribution >= 4 is 11.6 Å². The van der Waals surface area contributed by atoms with E-state index in [1.807, 2.05) is 6.07 Å². The second-order valence-electron chi connectivity index (χ2n) is 2.33. The first-order chi connectivity index (χ1) is 6.15. The molecule has 0 aliphatic heterocycles. The van der Waals surface area contributed by atoms with Crippen LogP contribution in [-0.4, -0.2) is 4.98 Å². The molecule has 0 amide bonds. The van der Waals surface area contributed by atoms with E-state index in [9.17, 15) is 8.78 Å². The number of hydrogen-bond acceptors (Lipinski definition) is 2. The van der Waals surface area contributed by atoms with Crippen molar-refractivity contribution in [1.82, 2.24) is 4.98 Å². The first kappa shape index (κ1) is 9.87. The maximum Gasteiger partial charge on any atom is 0.265 e. The Morgan fingerprint density at radius 3 is 2.85 bits per heavy atom. The van der Waals surface area contributed by atoms with Gasteiger partial charge in [0.15, 0.2) is 0 Å². The number of rotatable bonds is 2. The van der Waals surface area contributed by atoms with Gasteiger partial charge in [0, 0.05) is 11.8 Å². The fourth-order valence-electron chi connectivity index (χ4n) is 0.845. The Bertz CT molecular complexity index is 346. The van der Waals surface area contributed by atoms with Crippen molar-refractivity contribution in [2.75, 3.05) is 0 Å². The van der Waals surface area contributed by atoms with Gasteiger partial charge in [-0.3, -0.25) is 4.98 Å². The molecule has 0 spiro atoms. The van der Waals surface area contributed by atoms with E-state index in [1.165, 1.54) is 0 Å². The van der Waals surface area contributed by atoms with Crippen molar-refractivity contribution in [3.8, 4) is 6.07 Å². The lowest BCUT2D eigenvalue weighted by Crippen LogP contribution is -1.93. The summed E-state index contributed by atoms with van der Waals surface area (Å²) in [6.45, 7) is 0. The molecule has 0 bridgehead atoms. The fraction of sp³-hybridized carbons (Fsp3) is 0.250. The second kappa shape index (κ2) is 4.15. The van der Waals surface area contributed by atoms with Crippen LogP contribution in [0.3, 0.4) is 0 Å². The predicted octanol–water partition coefficient (Wildman–Crippen LogP) is 2.74. The van der Waals surface area contributed by atoms with Gasteiger partial charge in [0.2, 0.25) is 0 Å². The molecule has 1 aromatic rings. The normalized spacial score (nSPS) is 10.1. The molecule has 68 valence electrons. The summed E-state index contributed by atoms with van der Waals surface area (Å²) >= 11 is 5.47. The minimum Gasteiger partial charge on any atom is -0.259 e. The highest BCUT2D eigenvalue weighted by Gasteiger charge is 2.12. The van der Waals surface area contributed by atoms with Crippen LogP contribution in [0.1, 0.15) is 17.7 Å². The number of nitriles is 1. The van der Waals surface area contributed by atoms with Gasteiger partial charge in [0.1, 0.15) is 0 Å². The molecule has 0 aliphatic rings. The van der Waals surface area contributed by atoms with Crippen LogP contribution in [0.15, 0.2) is 12.3 Å². The molecule has 13 heavy (non-hydrogen) atoms. The SMILES string of the molecule is N#CCc1cc(C(F)F)c(Cl)cn1. The van der Waals surface area contributed by atoms with E-state index in [1.54, 1.807) is 0 Å². The molecule has 5 heteroatoms. The van der Waals surface area contributed by atoms with Gasteiger partial charge in [0.25, 0.3) is 6.43 Å². The quantitative estimate of drug-likeness (QED) is 0.740. The van der Waals surface area contributed by atoms with Gasteiger partial charge in [0.05, 0.1) is 23.2 Å². The maximum absolute atomic E-state index is 12.3. The molecule has 1 heterocycles. The molecule has 0 saturated carbocycles. The third-order valence-corrected chi connectivity index (χ3v) is 1.75. The Hall–Kier alpha value is -1.21. The number of hydrogen-bond donors (Lipinski definition) is 0. The maximum atomic E-state index is 12.3. The smallest absolute Gasteiger partial charge is 0.259 e. The summed E-state index contributed by atoms with van der Waals surface area (Å²) < 4.78 is 24.5. The van der Waals surface area contributed by atoms with Crippen LogP contribution in [0.25, 0.3) is 0 Å². The average Bonchev–Trinajstić information content (AvgIpc) is 2.08. The number of alkyl halides is 2. The van der Waals surface area contributed by atoms with Crippen molar-refractivity contribution < 1.29 is 8.78 Å². The van der Waals surface area contributed by atoms with Crippen LogP contribution in [0.5, 0.6) is 0 Å². The summed E-state index contributed by atoms with van der Waals surface area (Å²) in [6, 6.07) is 2.97. The standard InChI is InChI=1S/C8H5ClF2N2/c9-7-4-13-5(1-2-12)3-6(7)8(10)11/h3-4,8H,1H2. The Morgan fingerprint density at radius 1 is 1.62 bits per heavy atom. The summed E-state index contributed by atoms with van der Waals surface area (Å²) in [4.78, 5) is 3.72. The molecular weight excluding hydrogens is 198 g/mol. The van der Waals surface area contributed by atoms with E-state index in [4.69, 9.17) is 16.9 Å². The Morgan fingerprint density at radius 2 is 2.31 bits per heavy atom. The van der Waals surface area contributed by atoms with Crippen molar-refractivity contribution in [1.29, 1.82) is 5.26 Å². The largest absolute Gasteiger partial charge is 0.265 e. The zero-order valence-corrected chi connectivity index (χ0v) is 7.22. The predicted molar refractivity (Wildman–Crippen MR) is 43.5 cm³/mol. The van der Waals surface area contributed by atoms with Crippen molar-refractivity contribution in [2.24, 2.45) is 0 Å². The first-order valence-electron chi connectivity index (χ1n) is 3.44. The number of halogens is 3. The first-order valence-corrected chi connectivity index (χ1v) is 3.82. The van der Waals surface area contributed by atoms with E-state index >= 15 is 0 Å². The summed E-state index contributed by atoms with van der Waals surface area (Å²) in [5.74, 6) is 0. The molecule has 0 aliphatic carbocycles. The molecule has 0 N–H and O–H groups in total. The monoisotopic (exact) mass is 202 g/mol. The van der Waals surface area contributed by atoms with E-state index in [0.717, 1.165) is 12.3 Å². The zero-order valence-electron chi connectivity index (χ0n) is 6.47. The molecule has 0 aromatic carbocycles.